The Kier molecular flexibility index (Phi) is 3.25. The lowest BCUT2D eigenvalue weighted by atomic mass is 9.83. The number of rotatable bonds is 3. The van der Waals surface area contributed by atoms with Crippen molar-refractivity contribution in [3.8, 4) is 0 Å². The summed E-state index contributed by atoms with van der Waals surface area (Å²) in [4.78, 5) is 12.7. The van der Waals surface area contributed by atoms with E-state index in [1.807, 2.05) is 6.20 Å². The van der Waals surface area contributed by atoms with Crippen LogP contribution in [0, 0.1) is 17.8 Å². The number of aliphatic hydroxyl groups is 1. The molecule has 114 valence electrons. The number of carbonyl (C=O) groups is 1. The van der Waals surface area contributed by atoms with E-state index in [1.165, 1.54) is 19.3 Å². The van der Waals surface area contributed by atoms with Gasteiger partial charge in [-0.25, -0.2) is 0 Å². The zero-order valence-corrected chi connectivity index (χ0v) is 12.2. The Balaban J connectivity index is 1.50. The highest BCUT2D eigenvalue weighted by atomic mass is 16.3. The molecule has 5 heteroatoms. The summed E-state index contributed by atoms with van der Waals surface area (Å²) in [6.45, 7) is 0.202. The number of H-pyrrole nitrogens is 1. The van der Waals surface area contributed by atoms with Gasteiger partial charge in [-0.1, -0.05) is 0 Å². The first kappa shape index (κ1) is 13.3. The fourth-order valence-electron chi connectivity index (χ4n) is 4.90. The number of aliphatic hydroxyl groups excluding tert-OH is 1. The van der Waals surface area contributed by atoms with Gasteiger partial charge in [0, 0.05) is 29.8 Å². The van der Waals surface area contributed by atoms with E-state index in [0.717, 1.165) is 30.5 Å². The molecule has 3 aliphatic rings. The van der Waals surface area contributed by atoms with Gasteiger partial charge in [-0.2, -0.15) is 5.10 Å². The molecule has 1 aromatic heterocycles. The van der Waals surface area contributed by atoms with Crippen molar-refractivity contribution >= 4 is 5.91 Å². The standard InChI is InChI=1S/C16H23N3O2/c20-8-13-9-4-5-10(6-9)15(13)18-16(21)11-2-1-3-14-12(11)7-17-19-14/h7,9-11,13,15,20H,1-6,8H2,(H,17,19)(H,18,21). The molecular formula is C16H23N3O2. The third kappa shape index (κ3) is 2.09. The molecule has 0 spiro atoms. The molecule has 3 aliphatic carbocycles. The number of aromatic amines is 1. The van der Waals surface area contributed by atoms with E-state index in [2.05, 4.69) is 15.5 Å². The van der Waals surface area contributed by atoms with Crippen LogP contribution < -0.4 is 5.32 Å². The van der Waals surface area contributed by atoms with Crippen molar-refractivity contribution in [2.45, 2.75) is 50.5 Å². The van der Waals surface area contributed by atoms with Crippen LogP contribution in [0.4, 0.5) is 0 Å². The summed E-state index contributed by atoms with van der Waals surface area (Å²) in [7, 11) is 0. The zero-order valence-electron chi connectivity index (χ0n) is 12.2. The molecule has 21 heavy (non-hydrogen) atoms. The zero-order chi connectivity index (χ0) is 14.4. The smallest absolute Gasteiger partial charge is 0.227 e. The normalized spacial score (nSPS) is 37.5. The summed E-state index contributed by atoms with van der Waals surface area (Å²) in [5.74, 6) is 1.52. The molecule has 0 aliphatic heterocycles. The van der Waals surface area contributed by atoms with Crippen molar-refractivity contribution in [1.29, 1.82) is 0 Å². The third-order valence-electron chi connectivity index (χ3n) is 5.97. The van der Waals surface area contributed by atoms with Gasteiger partial charge in [0.25, 0.3) is 0 Å². The van der Waals surface area contributed by atoms with E-state index < -0.39 is 0 Å². The molecule has 0 saturated heterocycles. The topological polar surface area (TPSA) is 78.0 Å². The number of hydrogen-bond donors (Lipinski definition) is 3. The van der Waals surface area contributed by atoms with E-state index in [4.69, 9.17) is 0 Å². The second-order valence-corrected chi connectivity index (χ2v) is 6.96. The first-order chi connectivity index (χ1) is 10.3. The molecule has 5 atom stereocenters. The largest absolute Gasteiger partial charge is 0.396 e. The Labute approximate surface area is 124 Å². The van der Waals surface area contributed by atoms with Crippen LogP contribution in [0.3, 0.4) is 0 Å². The lowest BCUT2D eigenvalue weighted by Crippen LogP contribution is -2.47. The Morgan fingerprint density at radius 3 is 3.10 bits per heavy atom. The van der Waals surface area contributed by atoms with Crippen LogP contribution in [0.1, 0.15) is 49.3 Å². The average molecular weight is 289 g/mol. The molecule has 1 heterocycles. The van der Waals surface area contributed by atoms with Crippen LogP contribution in [0.2, 0.25) is 0 Å². The van der Waals surface area contributed by atoms with Gasteiger partial charge in [0.15, 0.2) is 0 Å². The Bertz CT molecular complexity index is 541. The molecule has 3 N–H and O–H groups in total. The third-order valence-corrected chi connectivity index (χ3v) is 5.97. The number of nitrogens with one attached hydrogen (secondary N) is 2. The van der Waals surface area contributed by atoms with Gasteiger partial charge >= 0.3 is 0 Å². The fraction of sp³-hybridized carbons (Fsp3) is 0.750. The molecule has 0 aromatic carbocycles. The van der Waals surface area contributed by atoms with Crippen molar-refractivity contribution in [2.24, 2.45) is 17.8 Å². The highest BCUT2D eigenvalue weighted by Gasteiger charge is 2.48. The number of aromatic nitrogens is 2. The molecule has 5 unspecified atom stereocenters. The number of carbonyl (C=O) groups excluding carboxylic acids is 1. The molecule has 2 bridgehead atoms. The second-order valence-electron chi connectivity index (χ2n) is 6.96. The molecule has 1 aromatic rings. The monoisotopic (exact) mass is 289 g/mol. The summed E-state index contributed by atoms with van der Waals surface area (Å²) in [6.07, 6.45) is 8.34. The lowest BCUT2D eigenvalue weighted by molar-refractivity contribution is -0.124. The van der Waals surface area contributed by atoms with Crippen LogP contribution in [0.25, 0.3) is 0 Å². The fourth-order valence-corrected chi connectivity index (χ4v) is 4.90. The highest BCUT2D eigenvalue weighted by Crippen LogP contribution is 2.48. The predicted molar refractivity (Wildman–Crippen MR) is 77.6 cm³/mol. The maximum absolute atomic E-state index is 12.7. The van der Waals surface area contributed by atoms with Gasteiger partial charge < -0.3 is 10.4 Å². The van der Waals surface area contributed by atoms with Gasteiger partial charge in [-0.05, 0) is 50.4 Å². The quantitative estimate of drug-likeness (QED) is 0.786. The summed E-state index contributed by atoms with van der Waals surface area (Å²) >= 11 is 0. The van der Waals surface area contributed by atoms with E-state index in [9.17, 15) is 9.90 Å². The van der Waals surface area contributed by atoms with Gasteiger partial charge in [0.05, 0.1) is 12.1 Å². The number of amides is 1. The van der Waals surface area contributed by atoms with Crippen molar-refractivity contribution in [1.82, 2.24) is 15.5 Å². The minimum Gasteiger partial charge on any atom is -0.396 e. The van der Waals surface area contributed by atoms with Crippen molar-refractivity contribution in [2.75, 3.05) is 6.61 Å². The van der Waals surface area contributed by atoms with Gasteiger partial charge in [-0.15, -0.1) is 0 Å². The molecule has 4 rings (SSSR count). The van der Waals surface area contributed by atoms with Crippen LogP contribution in [0.15, 0.2) is 6.20 Å². The summed E-state index contributed by atoms with van der Waals surface area (Å²) in [5.41, 5.74) is 2.19. The first-order valence-corrected chi connectivity index (χ1v) is 8.21. The van der Waals surface area contributed by atoms with E-state index in [1.54, 1.807) is 0 Å². The maximum Gasteiger partial charge on any atom is 0.227 e. The van der Waals surface area contributed by atoms with Crippen LogP contribution >= 0.6 is 0 Å². The average Bonchev–Trinajstić information content (AvgIpc) is 3.21. The summed E-state index contributed by atoms with van der Waals surface area (Å²) < 4.78 is 0. The van der Waals surface area contributed by atoms with Crippen molar-refractivity contribution in [3.05, 3.63) is 17.5 Å². The van der Waals surface area contributed by atoms with Crippen LogP contribution in [-0.4, -0.2) is 33.9 Å². The number of fused-ring (bicyclic) bond motifs is 3. The van der Waals surface area contributed by atoms with Crippen LogP contribution in [0.5, 0.6) is 0 Å². The van der Waals surface area contributed by atoms with E-state index >= 15 is 0 Å². The SMILES string of the molecule is O=C(NC1C2CCC(C2)C1CO)C1CCCc2[nH]ncc21. The summed E-state index contributed by atoms with van der Waals surface area (Å²) in [6, 6.07) is 0.179. The number of nitrogens with zero attached hydrogens (tertiary/aromatic N) is 1. The van der Waals surface area contributed by atoms with Crippen molar-refractivity contribution in [3.63, 3.8) is 0 Å². The molecular weight excluding hydrogens is 266 g/mol. The minimum absolute atomic E-state index is 0.0639. The van der Waals surface area contributed by atoms with Crippen LogP contribution in [-0.2, 0) is 11.2 Å². The van der Waals surface area contributed by atoms with E-state index in [0.29, 0.717) is 11.8 Å². The molecule has 1 amide bonds. The minimum atomic E-state index is -0.0639. The Morgan fingerprint density at radius 2 is 2.24 bits per heavy atom. The lowest BCUT2D eigenvalue weighted by Gasteiger charge is -2.32. The molecule has 2 fully saturated rings. The maximum atomic E-state index is 12.7. The number of aryl methyl sites for hydroxylation is 1. The Hall–Kier alpha value is -1.36. The predicted octanol–water partition coefficient (Wildman–Crippen LogP) is 1.35. The summed E-state index contributed by atoms with van der Waals surface area (Å²) in [5, 5.41) is 20.0. The van der Waals surface area contributed by atoms with Gasteiger partial charge in [0.2, 0.25) is 5.91 Å². The molecule has 2 saturated carbocycles. The van der Waals surface area contributed by atoms with Gasteiger partial charge in [-0.3, -0.25) is 9.89 Å². The van der Waals surface area contributed by atoms with Gasteiger partial charge in [0.1, 0.15) is 0 Å². The molecule has 5 nitrogen and oxygen atoms in total. The first-order valence-electron chi connectivity index (χ1n) is 8.21. The highest BCUT2D eigenvalue weighted by molar-refractivity contribution is 5.84. The second kappa shape index (κ2) is 5.13. The molecule has 0 radical (unpaired) electrons. The van der Waals surface area contributed by atoms with E-state index in [-0.39, 0.29) is 30.4 Å². The number of hydrogen-bond acceptors (Lipinski definition) is 3. The van der Waals surface area contributed by atoms with Crippen molar-refractivity contribution < 1.29 is 9.90 Å². The Morgan fingerprint density at radius 1 is 1.38 bits per heavy atom.